The van der Waals surface area contributed by atoms with E-state index in [9.17, 15) is 4.79 Å². The molecule has 0 aliphatic heterocycles. The van der Waals surface area contributed by atoms with Crippen LogP contribution in [0.1, 0.15) is 42.4 Å². The van der Waals surface area contributed by atoms with Crippen molar-refractivity contribution in [3.63, 3.8) is 0 Å². The van der Waals surface area contributed by atoms with E-state index in [1.165, 1.54) is 0 Å². The van der Waals surface area contributed by atoms with Crippen molar-refractivity contribution in [1.82, 2.24) is 9.97 Å². The van der Waals surface area contributed by atoms with E-state index in [4.69, 9.17) is 4.74 Å². The van der Waals surface area contributed by atoms with Gasteiger partial charge in [-0.05, 0) is 58.4 Å². The largest absolute Gasteiger partial charge is 0.456 e. The van der Waals surface area contributed by atoms with Gasteiger partial charge in [0, 0.05) is 17.6 Å². The predicted octanol–water partition coefficient (Wildman–Crippen LogP) is 3.79. The Balaban J connectivity index is 2.25. The summed E-state index contributed by atoms with van der Waals surface area (Å²) in [5.74, 6) is 0.165. The average Bonchev–Trinajstić information content (AvgIpc) is 2.39. The minimum Gasteiger partial charge on any atom is -0.456 e. The summed E-state index contributed by atoms with van der Waals surface area (Å²) in [5.41, 5.74) is 2.50. The van der Waals surface area contributed by atoms with Crippen LogP contribution in [-0.2, 0) is 4.74 Å². The third-order valence-corrected chi connectivity index (χ3v) is 2.91. The maximum Gasteiger partial charge on any atom is 0.338 e. The molecule has 22 heavy (non-hydrogen) atoms. The van der Waals surface area contributed by atoms with Gasteiger partial charge in [-0.1, -0.05) is 6.07 Å². The first kappa shape index (κ1) is 15.9. The van der Waals surface area contributed by atoms with Crippen molar-refractivity contribution in [2.45, 2.75) is 40.2 Å². The van der Waals surface area contributed by atoms with Crippen LogP contribution in [0.25, 0.3) is 0 Å². The van der Waals surface area contributed by atoms with Gasteiger partial charge in [0.15, 0.2) is 0 Å². The van der Waals surface area contributed by atoms with Crippen LogP contribution in [0.15, 0.2) is 30.5 Å². The average molecular weight is 299 g/mol. The Bertz CT molecular complexity index is 691. The first-order chi connectivity index (χ1) is 10.2. The quantitative estimate of drug-likeness (QED) is 0.873. The number of nitrogens with one attached hydrogen (secondary N) is 1. The highest BCUT2D eigenvalue weighted by Crippen LogP contribution is 2.21. The summed E-state index contributed by atoms with van der Waals surface area (Å²) in [4.78, 5) is 20.7. The summed E-state index contributed by atoms with van der Waals surface area (Å²) < 4.78 is 5.43. The number of carbonyl (C=O) groups excluding carboxylic acids is 1. The normalized spacial score (nSPS) is 11.1. The Hall–Kier alpha value is -2.43. The van der Waals surface area contributed by atoms with Crippen LogP contribution < -0.4 is 5.32 Å². The fourth-order valence-electron chi connectivity index (χ4n) is 1.89. The minimum atomic E-state index is -0.521. The maximum absolute atomic E-state index is 12.3. The highest BCUT2D eigenvalue weighted by molar-refractivity contribution is 5.92. The second-order valence-electron chi connectivity index (χ2n) is 6.18. The summed E-state index contributed by atoms with van der Waals surface area (Å²) in [6, 6.07) is 7.34. The molecule has 2 aromatic rings. The second kappa shape index (κ2) is 6.13. The van der Waals surface area contributed by atoms with Crippen LogP contribution in [0.2, 0.25) is 0 Å². The van der Waals surface area contributed by atoms with Crippen molar-refractivity contribution in [3.8, 4) is 0 Å². The lowest BCUT2D eigenvalue weighted by Gasteiger charge is -2.20. The molecule has 0 fully saturated rings. The van der Waals surface area contributed by atoms with Gasteiger partial charge in [-0.15, -0.1) is 0 Å². The Labute approximate surface area is 130 Å². The number of benzene rings is 1. The highest BCUT2D eigenvalue weighted by atomic mass is 16.6. The summed E-state index contributed by atoms with van der Waals surface area (Å²) in [7, 11) is 0. The van der Waals surface area contributed by atoms with E-state index in [2.05, 4.69) is 15.3 Å². The van der Waals surface area contributed by atoms with Crippen molar-refractivity contribution in [1.29, 1.82) is 0 Å². The number of hydrogen-bond donors (Lipinski definition) is 1. The first-order valence-electron chi connectivity index (χ1n) is 7.15. The Morgan fingerprint density at radius 1 is 1.18 bits per heavy atom. The van der Waals surface area contributed by atoms with E-state index >= 15 is 0 Å². The molecule has 0 spiro atoms. The fourth-order valence-corrected chi connectivity index (χ4v) is 1.89. The molecule has 5 heteroatoms. The van der Waals surface area contributed by atoms with Crippen LogP contribution in [-0.4, -0.2) is 21.5 Å². The van der Waals surface area contributed by atoms with Gasteiger partial charge in [0.25, 0.3) is 0 Å². The Morgan fingerprint density at radius 3 is 2.55 bits per heavy atom. The molecule has 0 radical (unpaired) electrons. The lowest BCUT2D eigenvalue weighted by atomic mass is 10.1. The maximum atomic E-state index is 12.3. The minimum absolute atomic E-state index is 0.334. The number of aryl methyl sites for hydroxylation is 2. The third-order valence-electron chi connectivity index (χ3n) is 2.91. The molecule has 1 aromatic carbocycles. The van der Waals surface area contributed by atoms with Gasteiger partial charge in [0.2, 0.25) is 5.95 Å². The van der Waals surface area contributed by atoms with Gasteiger partial charge < -0.3 is 10.1 Å². The van der Waals surface area contributed by atoms with Gasteiger partial charge >= 0.3 is 5.97 Å². The SMILES string of the molecule is Cc1ccnc(Nc2ccc(C)c(C(=O)OC(C)(C)C)c2)n1. The zero-order chi connectivity index (χ0) is 16.3. The second-order valence-corrected chi connectivity index (χ2v) is 6.18. The standard InChI is InChI=1S/C17H21N3O2/c1-11-6-7-13(20-16-18-9-8-12(2)19-16)10-14(11)15(21)22-17(3,4)5/h6-10H,1-5H3,(H,18,19,20). The number of hydrogen-bond acceptors (Lipinski definition) is 5. The molecular weight excluding hydrogens is 278 g/mol. The molecular formula is C17H21N3O2. The van der Waals surface area contributed by atoms with E-state index in [1.54, 1.807) is 12.3 Å². The summed E-state index contributed by atoms with van der Waals surface area (Å²) in [6.45, 7) is 9.33. The van der Waals surface area contributed by atoms with Crippen LogP contribution in [0, 0.1) is 13.8 Å². The molecule has 0 aliphatic rings. The van der Waals surface area contributed by atoms with Crippen molar-refractivity contribution in [3.05, 3.63) is 47.3 Å². The summed E-state index contributed by atoms with van der Waals surface area (Å²) >= 11 is 0. The smallest absolute Gasteiger partial charge is 0.338 e. The van der Waals surface area contributed by atoms with Crippen molar-refractivity contribution >= 4 is 17.6 Å². The lowest BCUT2D eigenvalue weighted by Crippen LogP contribution is -2.24. The lowest BCUT2D eigenvalue weighted by molar-refractivity contribution is 0.00688. The van der Waals surface area contributed by atoms with Crippen LogP contribution in [0.5, 0.6) is 0 Å². The van der Waals surface area contributed by atoms with Crippen LogP contribution in [0.3, 0.4) is 0 Å². The number of anilines is 2. The first-order valence-corrected chi connectivity index (χ1v) is 7.15. The summed E-state index contributed by atoms with van der Waals surface area (Å²) in [6.07, 6.45) is 1.69. The molecule has 0 amide bonds. The van der Waals surface area contributed by atoms with E-state index in [0.717, 1.165) is 16.9 Å². The number of esters is 1. The molecule has 0 bridgehead atoms. The molecule has 5 nitrogen and oxygen atoms in total. The Morgan fingerprint density at radius 2 is 1.91 bits per heavy atom. The molecule has 0 saturated carbocycles. The molecule has 1 aromatic heterocycles. The van der Waals surface area contributed by atoms with Crippen molar-refractivity contribution in [2.75, 3.05) is 5.32 Å². The zero-order valence-electron chi connectivity index (χ0n) is 13.6. The van der Waals surface area contributed by atoms with Gasteiger partial charge in [-0.25, -0.2) is 14.8 Å². The molecule has 2 rings (SSSR count). The molecule has 1 heterocycles. The molecule has 1 N–H and O–H groups in total. The highest BCUT2D eigenvalue weighted by Gasteiger charge is 2.19. The molecule has 0 saturated heterocycles. The van der Waals surface area contributed by atoms with Gasteiger partial charge in [-0.3, -0.25) is 0 Å². The zero-order valence-corrected chi connectivity index (χ0v) is 13.6. The van der Waals surface area contributed by atoms with Gasteiger partial charge in [0.05, 0.1) is 5.56 Å². The fraction of sp³-hybridized carbons (Fsp3) is 0.353. The number of nitrogens with zero attached hydrogens (tertiary/aromatic N) is 2. The number of ether oxygens (including phenoxy) is 1. The Kier molecular flexibility index (Phi) is 4.45. The van der Waals surface area contributed by atoms with E-state index in [1.807, 2.05) is 52.8 Å². The molecule has 0 atom stereocenters. The third kappa shape index (κ3) is 4.28. The topological polar surface area (TPSA) is 64.1 Å². The van der Waals surface area contributed by atoms with E-state index in [0.29, 0.717) is 11.5 Å². The monoisotopic (exact) mass is 299 g/mol. The molecule has 0 aliphatic carbocycles. The van der Waals surface area contributed by atoms with Crippen LogP contribution >= 0.6 is 0 Å². The van der Waals surface area contributed by atoms with E-state index < -0.39 is 5.60 Å². The number of aromatic nitrogens is 2. The van der Waals surface area contributed by atoms with Crippen LogP contribution in [0.4, 0.5) is 11.6 Å². The van der Waals surface area contributed by atoms with E-state index in [-0.39, 0.29) is 5.97 Å². The number of rotatable bonds is 3. The summed E-state index contributed by atoms with van der Waals surface area (Å²) in [5, 5.41) is 3.10. The predicted molar refractivity (Wildman–Crippen MR) is 86.4 cm³/mol. The molecule has 0 unspecified atom stereocenters. The molecule has 116 valence electrons. The number of carbonyl (C=O) groups is 1. The van der Waals surface area contributed by atoms with Gasteiger partial charge in [-0.2, -0.15) is 0 Å². The van der Waals surface area contributed by atoms with Crippen molar-refractivity contribution in [2.24, 2.45) is 0 Å². The van der Waals surface area contributed by atoms with Gasteiger partial charge in [0.1, 0.15) is 5.60 Å². The van der Waals surface area contributed by atoms with Crippen molar-refractivity contribution < 1.29 is 9.53 Å².